The number of Topliss-reactive ketones (excluding diaryl/α,β-unsaturated/α-hetero) is 2. The van der Waals surface area contributed by atoms with Gasteiger partial charge in [0, 0.05) is 50.0 Å². The summed E-state index contributed by atoms with van der Waals surface area (Å²) in [5, 5.41) is 29.1. The molecule has 478 valence electrons. The van der Waals surface area contributed by atoms with Gasteiger partial charge in [-0.1, -0.05) is 188 Å². The summed E-state index contributed by atoms with van der Waals surface area (Å²) in [4.78, 5) is 37.7. The van der Waals surface area contributed by atoms with Gasteiger partial charge >= 0.3 is 0 Å². The monoisotopic (exact) mass is 1400 g/mol. The van der Waals surface area contributed by atoms with E-state index in [1.54, 1.807) is 17.2 Å². The number of hydroxylamine groups is 2. The fraction of sp³-hybridized carbons (Fsp3) is 0.200. The van der Waals surface area contributed by atoms with Crippen LogP contribution in [0.3, 0.4) is 0 Å². The van der Waals surface area contributed by atoms with Crippen LogP contribution in [0.1, 0.15) is 108 Å². The molecule has 0 saturated carbocycles. The molecule has 6 aliphatic carbocycles. The molecule has 0 radical (unpaired) electrons. The molecule has 97 heavy (non-hydrogen) atoms. The molecule has 0 fully saturated rings. The number of ketones is 2. The summed E-state index contributed by atoms with van der Waals surface area (Å²) in [5.74, 6) is 4.04. The number of fused-ring (bicyclic) bond motifs is 5. The molecule has 9 aromatic rings. The van der Waals surface area contributed by atoms with Gasteiger partial charge < -0.3 is 5.73 Å². The highest BCUT2D eigenvalue weighted by Crippen LogP contribution is 2.63. The Morgan fingerprint density at radius 2 is 1.02 bits per heavy atom. The van der Waals surface area contributed by atoms with Gasteiger partial charge in [-0.05, 0) is 228 Å². The number of hydrogen-bond donors (Lipinski definition) is 1. The predicted octanol–water partition coefficient (Wildman–Crippen LogP) is 18.8. The minimum absolute atomic E-state index is 0.213. The predicted molar refractivity (Wildman–Crippen MR) is 399 cm³/mol. The number of hydrogen-bond acceptors (Lipinski definition) is 10. The van der Waals surface area contributed by atoms with E-state index < -0.39 is 19.4 Å². The minimum atomic E-state index is -1.21. The van der Waals surface area contributed by atoms with Crippen molar-refractivity contribution in [2.45, 2.75) is 82.1 Å². The summed E-state index contributed by atoms with van der Waals surface area (Å²) >= 11 is 2.28. The fourth-order valence-electron chi connectivity index (χ4n) is 14.6. The summed E-state index contributed by atoms with van der Waals surface area (Å²) in [7, 11) is 0.607. The normalized spacial score (nSPS) is 21.1. The highest BCUT2D eigenvalue weighted by Gasteiger charge is 2.63. The third kappa shape index (κ3) is 13.9. The molecule has 0 bridgehead atoms. The molecule has 5 atom stereocenters. The van der Waals surface area contributed by atoms with Crippen molar-refractivity contribution in [1.29, 1.82) is 15.8 Å². The molecule has 5 unspecified atom stereocenters. The van der Waals surface area contributed by atoms with Gasteiger partial charge in [-0.25, -0.2) is 14.9 Å². The van der Waals surface area contributed by atoms with Gasteiger partial charge in [-0.15, -0.1) is 0 Å². The van der Waals surface area contributed by atoms with Gasteiger partial charge in [-0.3, -0.25) is 14.2 Å². The number of carbonyl (C=O) groups excluding carboxylic acids is 2. The second-order valence-corrected chi connectivity index (χ2v) is 32.8. The van der Waals surface area contributed by atoms with E-state index in [0.29, 0.717) is 34.5 Å². The average molecular weight is 1400 g/mol. The van der Waals surface area contributed by atoms with E-state index in [4.69, 9.17) is 26.1 Å². The van der Waals surface area contributed by atoms with Gasteiger partial charge in [0.15, 0.2) is 19.8 Å². The number of carbonyl (C=O) groups is 2. The maximum absolute atomic E-state index is 13.4. The lowest BCUT2D eigenvalue weighted by molar-refractivity contribution is -0.210. The van der Waals surface area contributed by atoms with Crippen LogP contribution < -0.4 is 5.73 Å². The lowest BCUT2D eigenvalue weighted by Gasteiger charge is -2.37. The Hall–Kier alpha value is -10.4. The molecule has 1 aliphatic heterocycles. The van der Waals surface area contributed by atoms with Crippen LogP contribution in [0.4, 0.5) is 0 Å². The first-order valence-electron chi connectivity index (χ1n) is 32.8. The molecule has 4 spiro atoms. The maximum atomic E-state index is 13.4. The van der Waals surface area contributed by atoms with Crippen molar-refractivity contribution in [3.05, 3.63) is 326 Å². The highest BCUT2D eigenvalue weighted by atomic mass is 127. The lowest BCUT2D eigenvalue weighted by atomic mass is 9.75. The molecule has 2 N–H and O–H groups in total. The first-order chi connectivity index (χ1) is 46.9. The first kappa shape index (κ1) is 66.6. The van der Waals surface area contributed by atoms with E-state index in [1.807, 2.05) is 110 Å². The van der Waals surface area contributed by atoms with Gasteiger partial charge in [0.05, 0.1) is 40.3 Å². The molecule has 16 rings (SSSR count). The van der Waals surface area contributed by atoms with Crippen LogP contribution in [-0.4, -0.2) is 43.7 Å². The van der Waals surface area contributed by atoms with Crippen LogP contribution in [0.15, 0.2) is 271 Å². The Bertz CT molecular complexity index is 4810. The largest absolute Gasteiger partial charge is 0.368 e. The Labute approximate surface area is 584 Å². The Kier molecular flexibility index (Phi) is 19.3. The third-order valence-corrected chi connectivity index (χ3v) is 21.0. The summed E-state index contributed by atoms with van der Waals surface area (Å²) in [6, 6.07) is 79.3. The van der Waals surface area contributed by atoms with Crippen molar-refractivity contribution in [2.24, 2.45) is 31.6 Å². The highest BCUT2D eigenvalue weighted by molar-refractivity contribution is 14.1. The van der Waals surface area contributed by atoms with Crippen LogP contribution in [-0.2, 0) is 29.8 Å². The molecule has 0 saturated heterocycles. The van der Waals surface area contributed by atoms with Gasteiger partial charge in [-0.2, -0.15) is 15.8 Å². The van der Waals surface area contributed by atoms with Crippen LogP contribution in [0.2, 0.25) is 19.6 Å². The van der Waals surface area contributed by atoms with Gasteiger partial charge in [0.25, 0.3) is 0 Å². The van der Waals surface area contributed by atoms with Crippen molar-refractivity contribution >= 4 is 54.2 Å². The summed E-state index contributed by atoms with van der Waals surface area (Å²) in [5.41, 5.74) is 21.2. The van der Waals surface area contributed by atoms with Crippen LogP contribution >= 0.6 is 22.6 Å². The zero-order valence-corrected chi connectivity index (χ0v) is 58.1. The number of nitrogens with two attached hydrogens (primary N) is 1. The number of guanidine groups is 1. The minimum Gasteiger partial charge on any atom is -0.368 e. The first-order valence-corrected chi connectivity index (χ1v) is 37.3. The number of nitrogens with zero attached hydrogens (tertiary/aromatic N) is 6. The number of rotatable bonds is 6. The maximum Gasteiger partial charge on any atom is 0.224 e. The zero-order valence-electron chi connectivity index (χ0n) is 54.9. The summed E-state index contributed by atoms with van der Waals surface area (Å²) in [6.07, 6.45) is 19.1. The van der Waals surface area contributed by atoms with E-state index in [2.05, 4.69) is 217 Å². The topological polar surface area (TPSA) is 169 Å². The molecule has 0 aromatic heterocycles. The standard InChI is InChI=1S/C28H24N4O.C26H19NO.C20H15NO.C6H5I.C5H11NSi/c1-32-26(30)31-28(33-32)25-15-22(21-9-5-6-19(14-21)18-29)10-11-24(25)17-27(28)13-12-23(16-27)20-7-3-2-4-8-20;27-17-18-5-4-8-20(13-18)21-9-10-23-16-26(25(28)24(23)14-21)12-11-22(15-26)19-6-2-1-3-7-19;21-13-14-4-3-5-15(10-14)16-6-7-17-12-20(8-1-2-9-20)19(22)18(17)11-16;7-6-4-2-1-3-5-6;1-5-6-7(2,3)4/h2-15,23H,16-17H2,1H3,(H2,30,31);1-14,22H,15-16H2;1-7,10-11H,8-9,12H2;1-5H;1H2,2-4H3. The molecule has 7 aliphatic rings. The van der Waals surface area contributed by atoms with Gasteiger partial charge in [0.1, 0.15) is 0 Å². The summed E-state index contributed by atoms with van der Waals surface area (Å²) in [6.45, 7) is 9.82. The molecule has 1 heterocycles. The quantitative estimate of drug-likeness (QED) is 0.0742. The number of benzene rings is 9. The number of halogens is 1. The van der Waals surface area contributed by atoms with E-state index in [9.17, 15) is 14.9 Å². The molecule has 12 heteroatoms. The third-order valence-electron chi connectivity index (χ3n) is 19.4. The number of aliphatic imine (C=N–C) groups is 1. The van der Waals surface area contributed by atoms with Crippen molar-refractivity contribution in [2.75, 3.05) is 7.05 Å². The van der Waals surface area contributed by atoms with Crippen LogP contribution in [0.5, 0.6) is 0 Å². The lowest BCUT2D eigenvalue weighted by Crippen LogP contribution is -2.41. The van der Waals surface area contributed by atoms with Crippen molar-refractivity contribution in [1.82, 2.24) is 5.06 Å². The molecular weight excluding hydrogens is 1320 g/mol. The Balaban J connectivity index is 0.000000128. The van der Waals surface area contributed by atoms with E-state index in [0.717, 1.165) is 106 Å². The SMILES string of the molecule is C=C=N[Si](C)(C)C.CN1OC2(N=C1N)c1cc(-c3cccc(C#N)c3)ccc1CC21C=CC(c2ccccc2)C1.Ic1ccccc1.N#Cc1cccc(-c2ccc3c(c2)C(=O)C2(C=CC(c4ccccc4)C2)C3)c1.N#Cc1cccc(-c2ccc3c(c2)C(=O)C2(CC=CC2)C3)c1. The molecule has 9 aromatic carbocycles. The van der Waals surface area contributed by atoms with E-state index in [-0.39, 0.29) is 22.4 Å². The summed E-state index contributed by atoms with van der Waals surface area (Å²) < 4.78 is 5.33. The number of allylic oxidation sites excluding steroid dienone is 5. The molecule has 10 nitrogen and oxygen atoms in total. The van der Waals surface area contributed by atoms with Crippen LogP contribution in [0, 0.1) is 53.8 Å². The van der Waals surface area contributed by atoms with Crippen molar-refractivity contribution < 1.29 is 14.4 Å². The van der Waals surface area contributed by atoms with Crippen molar-refractivity contribution in [3.8, 4) is 51.6 Å². The Morgan fingerprint density at radius 3 is 1.48 bits per heavy atom. The smallest absolute Gasteiger partial charge is 0.224 e. The van der Waals surface area contributed by atoms with E-state index >= 15 is 0 Å². The Morgan fingerprint density at radius 1 is 0.557 bits per heavy atom. The fourth-order valence-corrected chi connectivity index (χ4v) is 15.5. The second kappa shape index (κ2) is 28.1. The van der Waals surface area contributed by atoms with E-state index in [1.165, 1.54) is 20.3 Å². The average Bonchev–Trinajstić information content (AvgIpc) is 1.53. The zero-order chi connectivity index (χ0) is 68.0. The van der Waals surface area contributed by atoms with Crippen molar-refractivity contribution in [3.63, 3.8) is 0 Å². The molecular formula is C85H74IN7O3Si. The van der Waals surface area contributed by atoms with Gasteiger partial charge in [0.2, 0.25) is 11.7 Å². The number of nitriles is 3. The second-order valence-electron chi connectivity index (χ2n) is 27.0. The molecule has 0 amide bonds. The van der Waals surface area contributed by atoms with Crippen LogP contribution in [0.25, 0.3) is 33.4 Å².